The second kappa shape index (κ2) is 5.12. The fourth-order valence-corrected chi connectivity index (χ4v) is 2.83. The van der Waals surface area contributed by atoms with Crippen LogP contribution in [-0.4, -0.2) is 36.6 Å². The summed E-state index contributed by atoms with van der Waals surface area (Å²) in [6.07, 6.45) is 3.33. The largest absolute Gasteiger partial charge is 0.361 e. The van der Waals surface area contributed by atoms with Crippen molar-refractivity contribution in [1.29, 1.82) is 0 Å². The first kappa shape index (κ1) is 11.8. The van der Waals surface area contributed by atoms with E-state index in [1.807, 2.05) is 6.20 Å². The van der Waals surface area contributed by atoms with Crippen LogP contribution in [0.1, 0.15) is 12.0 Å². The highest BCUT2D eigenvalue weighted by Gasteiger charge is 2.18. The number of nitrogens with zero attached hydrogens (tertiary/aromatic N) is 1. The summed E-state index contributed by atoms with van der Waals surface area (Å²) in [6, 6.07) is 8.76. The molecule has 0 bridgehead atoms. The van der Waals surface area contributed by atoms with Gasteiger partial charge in [0.1, 0.15) is 0 Å². The van der Waals surface area contributed by atoms with Gasteiger partial charge >= 0.3 is 0 Å². The Morgan fingerprint density at radius 3 is 3.17 bits per heavy atom. The van der Waals surface area contributed by atoms with Crippen LogP contribution in [0.4, 0.5) is 0 Å². The molecule has 1 atom stereocenters. The summed E-state index contributed by atoms with van der Waals surface area (Å²) < 4.78 is 0. The van der Waals surface area contributed by atoms with Crippen LogP contribution in [0.15, 0.2) is 30.5 Å². The lowest BCUT2D eigenvalue weighted by molar-refractivity contribution is 0.388. The Bertz CT molecular complexity index is 517. The number of hydrogen-bond donors (Lipinski definition) is 2. The van der Waals surface area contributed by atoms with Gasteiger partial charge in [0.25, 0.3) is 0 Å². The summed E-state index contributed by atoms with van der Waals surface area (Å²) in [7, 11) is 2.21. The number of H-pyrrole nitrogens is 1. The van der Waals surface area contributed by atoms with E-state index in [2.05, 4.69) is 46.5 Å². The van der Waals surface area contributed by atoms with Gasteiger partial charge in [0.15, 0.2) is 0 Å². The molecule has 1 aliphatic heterocycles. The van der Waals surface area contributed by atoms with Crippen molar-refractivity contribution in [2.75, 3.05) is 26.7 Å². The van der Waals surface area contributed by atoms with Gasteiger partial charge in [-0.1, -0.05) is 6.07 Å². The highest BCUT2D eigenvalue weighted by Crippen LogP contribution is 2.15. The summed E-state index contributed by atoms with van der Waals surface area (Å²) in [4.78, 5) is 5.64. The van der Waals surface area contributed by atoms with Crippen LogP contribution >= 0.6 is 0 Å². The van der Waals surface area contributed by atoms with Gasteiger partial charge in [0.2, 0.25) is 0 Å². The predicted octanol–water partition coefficient (Wildman–Crippen LogP) is 2.21. The van der Waals surface area contributed by atoms with Gasteiger partial charge in [-0.05, 0) is 61.6 Å². The first-order valence-electron chi connectivity index (χ1n) is 6.76. The molecule has 0 radical (unpaired) electrons. The molecule has 1 aromatic carbocycles. The Morgan fingerprint density at radius 1 is 1.39 bits per heavy atom. The standard InChI is InChI=1S/C15H21N3/c1-18-7-5-13(11-18)10-16-9-12-2-3-15-14(8-12)4-6-17-15/h2-4,6,8,13,16-17H,5,7,9-11H2,1H3. The van der Waals surface area contributed by atoms with Gasteiger partial charge in [0.05, 0.1) is 0 Å². The summed E-state index contributed by atoms with van der Waals surface area (Å²) in [5.74, 6) is 0.825. The van der Waals surface area contributed by atoms with Crippen molar-refractivity contribution >= 4 is 10.9 Å². The van der Waals surface area contributed by atoms with Crippen molar-refractivity contribution < 1.29 is 0 Å². The highest BCUT2D eigenvalue weighted by molar-refractivity contribution is 5.79. The monoisotopic (exact) mass is 243 g/mol. The van der Waals surface area contributed by atoms with E-state index in [0.29, 0.717) is 0 Å². The molecule has 1 aliphatic rings. The number of aromatic amines is 1. The molecule has 0 saturated carbocycles. The minimum absolute atomic E-state index is 0.825. The van der Waals surface area contributed by atoms with E-state index >= 15 is 0 Å². The van der Waals surface area contributed by atoms with Crippen LogP contribution in [0, 0.1) is 5.92 Å². The number of fused-ring (bicyclic) bond motifs is 1. The maximum absolute atomic E-state index is 3.58. The predicted molar refractivity (Wildman–Crippen MR) is 75.6 cm³/mol. The second-order valence-electron chi connectivity index (χ2n) is 5.45. The molecule has 0 spiro atoms. The lowest BCUT2D eigenvalue weighted by atomic mass is 10.1. The molecule has 0 aliphatic carbocycles. The number of nitrogens with one attached hydrogen (secondary N) is 2. The Morgan fingerprint density at radius 2 is 2.33 bits per heavy atom. The minimum Gasteiger partial charge on any atom is -0.361 e. The van der Waals surface area contributed by atoms with E-state index in [9.17, 15) is 0 Å². The Labute approximate surface area is 108 Å². The van der Waals surface area contributed by atoms with Crippen LogP contribution in [0.25, 0.3) is 10.9 Å². The topological polar surface area (TPSA) is 31.1 Å². The zero-order valence-electron chi connectivity index (χ0n) is 10.9. The molecule has 0 amide bonds. The summed E-state index contributed by atoms with van der Waals surface area (Å²) in [6.45, 7) is 4.60. The van der Waals surface area contributed by atoms with Crippen molar-refractivity contribution in [1.82, 2.24) is 15.2 Å². The second-order valence-corrected chi connectivity index (χ2v) is 5.45. The van der Waals surface area contributed by atoms with Crippen LogP contribution in [0.2, 0.25) is 0 Å². The van der Waals surface area contributed by atoms with E-state index in [1.54, 1.807) is 0 Å². The highest BCUT2D eigenvalue weighted by atomic mass is 15.1. The number of aromatic nitrogens is 1. The molecule has 3 nitrogen and oxygen atoms in total. The van der Waals surface area contributed by atoms with Gasteiger partial charge in [-0.3, -0.25) is 0 Å². The molecule has 96 valence electrons. The van der Waals surface area contributed by atoms with Crippen LogP contribution in [0.5, 0.6) is 0 Å². The number of rotatable bonds is 4. The normalized spacial score (nSPS) is 20.8. The van der Waals surface area contributed by atoms with Crippen molar-refractivity contribution in [2.45, 2.75) is 13.0 Å². The molecule has 3 heteroatoms. The van der Waals surface area contributed by atoms with Crippen molar-refractivity contribution in [3.8, 4) is 0 Å². The van der Waals surface area contributed by atoms with Crippen molar-refractivity contribution in [3.63, 3.8) is 0 Å². The zero-order chi connectivity index (χ0) is 12.4. The minimum atomic E-state index is 0.825. The third-order valence-electron chi connectivity index (χ3n) is 3.87. The number of benzene rings is 1. The van der Waals surface area contributed by atoms with E-state index < -0.39 is 0 Å². The lowest BCUT2D eigenvalue weighted by Crippen LogP contribution is -2.24. The molecule has 18 heavy (non-hydrogen) atoms. The first-order valence-corrected chi connectivity index (χ1v) is 6.76. The fraction of sp³-hybridized carbons (Fsp3) is 0.467. The van der Waals surface area contributed by atoms with Gasteiger partial charge in [-0.25, -0.2) is 0 Å². The Balaban J connectivity index is 1.53. The SMILES string of the molecule is CN1CCC(CNCc2ccc3[nH]ccc3c2)C1. The maximum atomic E-state index is 3.58. The Hall–Kier alpha value is -1.32. The van der Waals surface area contributed by atoms with E-state index in [-0.39, 0.29) is 0 Å². The van der Waals surface area contributed by atoms with Crippen LogP contribution < -0.4 is 5.32 Å². The van der Waals surface area contributed by atoms with Gasteiger partial charge in [-0.2, -0.15) is 0 Å². The van der Waals surface area contributed by atoms with E-state index in [4.69, 9.17) is 0 Å². The van der Waals surface area contributed by atoms with E-state index in [1.165, 1.54) is 36.0 Å². The fourth-order valence-electron chi connectivity index (χ4n) is 2.83. The average Bonchev–Trinajstić information content (AvgIpc) is 2.97. The molecule has 2 heterocycles. The average molecular weight is 243 g/mol. The summed E-state index contributed by atoms with van der Waals surface area (Å²) in [5, 5.41) is 4.89. The van der Waals surface area contributed by atoms with Crippen LogP contribution in [0.3, 0.4) is 0 Å². The van der Waals surface area contributed by atoms with Gasteiger partial charge in [0, 0.05) is 24.8 Å². The smallest absolute Gasteiger partial charge is 0.0454 e. The molecule has 1 fully saturated rings. The lowest BCUT2D eigenvalue weighted by Gasteiger charge is -2.11. The molecule has 2 aromatic rings. The number of hydrogen-bond acceptors (Lipinski definition) is 2. The third-order valence-corrected chi connectivity index (χ3v) is 3.87. The molecular weight excluding hydrogens is 222 g/mol. The first-order chi connectivity index (χ1) is 8.81. The Kier molecular flexibility index (Phi) is 3.35. The zero-order valence-corrected chi connectivity index (χ0v) is 10.9. The van der Waals surface area contributed by atoms with Gasteiger partial charge < -0.3 is 15.2 Å². The number of likely N-dealkylation sites (tertiary alicyclic amines) is 1. The summed E-state index contributed by atoms with van der Waals surface area (Å²) >= 11 is 0. The molecule has 2 N–H and O–H groups in total. The van der Waals surface area contributed by atoms with E-state index in [0.717, 1.165) is 19.0 Å². The molecule has 1 unspecified atom stereocenters. The molecule has 1 aromatic heterocycles. The molecular formula is C15H21N3. The molecule has 1 saturated heterocycles. The van der Waals surface area contributed by atoms with Crippen molar-refractivity contribution in [2.24, 2.45) is 5.92 Å². The van der Waals surface area contributed by atoms with Crippen LogP contribution in [-0.2, 0) is 6.54 Å². The van der Waals surface area contributed by atoms with Gasteiger partial charge in [-0.15, -0.1) is 0 Å². The third kappa shape index (κ3) is 2.57. The summed E-state index contributed by atoms with van der Waals surface area (Å²) in [5.41, 5.74) is 2.59. The quantitative estimate of drug-likeness (QED) is 0.862. The van der Waals surface area contributed by atoms with Crippen molar-refractivity contribution in [3.05, 3.63) is 36.0 Å². The maximum Gasteiger partial charge on any atom is 0.0454 e. The molecule has 3 rings (SSSR count).